The van der Waals surface area contributed by atoms with Crippen LogP contribution in [-0.4, -0.2) is 31.1 Å². The van der Waals surface area contributed by atoms with Crippen LogP contribution in [0.2, 0.25) is 0 Å². The van der Waals surface area contributed by atoms with E-state index in [2.05, 4.69) is 15.6 Å². The van der Waals surface area contributed by atoms with E-state index in [1.165, 1.54) is 0 Å². The average Bonchev–Trinajstić information content (AvgIpc) is 3.02. The Morgan fingerprint density at radius 2 is 2.04 bits per heavy atom. The van der Waals surface area contributed by atoms with Crippen LogP contribution in [0.5, 0.6) is 5.75 Å². The van der Waals surface area contributed by atoms with Crippen LogP contribution in [0.1, 0.15) is 5.56 Å². The summed E-state index contributed by atoms with van der Waals surface area (Å²) in [7, 11) is 3.21. The van der Waals surface area contributed by atoms with E-state index in [1.807, 2.05) is 42.5 Å². The van der Waals surface area contributed by atoms with E-state index in [9.17, 15) is 4.79 Å². The van der Waals surface area contributed by atoms with Gasteiger partial charge in [-0.05, 0) is 17.7 Å². The molecule has 2 aromatic carbocycles. The molecule has 1 amide bonds. The lowest BCUT2D eigenvalue weighted by atomic mass is 10.1. The maximum atomic E-state index is 12.2. The molecule has 1 unspecified atom stereocenters. The summed E-state index contributed by atoms with van der Waals surface area (Å²) < 4.78 is 10.9. The van der Waals surface area contributed by atoms with Crippen molar-refractivity contribution in [2.75, 3.05) is 19.5 Å². The molecule has 6 nitrogen and oxygen atoms in total. The molecule has 1 heterocycles. The van der Waals surface area contributed by atoms with E-state index in [1.54, 1.807) is 20.2 Å². The lowest BCUT2D eigenvalue weighted by molar-refractivity contribution is -0.121. The van der Waals surface area contributed by atoms with Crippen LogP contribution in [0.15, 0.2) is 52.9 Å². The number of benzene rings is 2. The van der Waals surface area contributed by atoms with Gasteiger partial charge in [0.2, 0.25) is 5.91 Å². The number of ether oxygens (including phenoxy) is 1. The zero-order valence-corrected chi connectivity index (χ0v) is 13.6. The van der Waals surface area contributed by atoms with Crippen LogP contribution >= 0.6 is 0 Å². The monoisotopic (exact) mass is 325 g/mol. The SMILES string of the molecule is CNC(=O)C(Cc1ccccc1)Nc1nc2ccc(OC)cc2o1. The fourth-order valence-electron chi connectivity index (χ4n) is 2.48. The highest BCUT2D eigenvalue weighted by molar-refractivity contribution is 5.84. The molecular weight excluding hydrogens is 306 g/mol. The molecule has 2 N–H and O–H groups in total. The van der Waals surface area contributed by atoms with Crippen molar-refractivity contribution in [3.05, 3.63) is 54.1 Å². The van der Waals surface area contributed by atoms with Gasteiger partial charge in [0.05, 0.1) is 7.11 Å². The Kier molecular flexibility index (Phi) is 4.65. The minimum atomic E-state index is -0.479. The second-order valence-corrected chi connectivity index (χ2v) is 5.35. The van der Waals surface area contributed by atoms with Crippen LogP contribution in [0, 0.1) is 0 Å². The van der Waals surface area contributed by atoms with Crippen molar-refractivity contribution in [1.82, 2.24) is 10.3 Å². The van der Waals surface area contributed by atoms with Crippen LogP contribution in [0.3, 0.4) is 0 Å². The van der Waals surface area contributed by atoms with Crippen molar-refractivity contribution < 1.29 is 13.9 Å². The number of nitrogens with one attached hydrogen (secondary N) is 2. The normalized spacial score (nSPS) is 11.9. The maximum Gasteiger partial charge on any atom is 0.296 e. The number of likely N-dealkylation sites (N-methyl/N-ethyl adjacent to an activating group) is 1. The summed E-state index contributed by atoms with van der Waals surface area (Å²) in [5.41, 5.74) is 2.36. The molecular formula is C18H19N3O3. The molecule has 0 aliphatic heterocycles. The first-order valence-corrected chi connectivity index (χ1v) is 7.66. The molecule has 0 saturated heterocycles. The highest BCUT2D eigenvalue weighted by Gasteiger charge is 2.20. The van der Waals surface area contributed by atoms with Gasteiger partial charge in [0.25, 0.3) is 6.01 Å². The number of carbonyl (C=O) groups is 1. The van der Waals surface area contributed by atoms with Crippen molar-refractivity contribution in [3.8, 4) is 5.75 Å². The lowest BCUT2D eigenvalue weighted by Gasteiger charge is -2.15. The van der Waals surface area contributed by atoms with E-state index >= 15 is 0 Å². The Balaban J connectivity index is 1.82. The van der Waals surface area contributed by atoms with Gasteiger partial charge in [-0.3, -0.25) is 4.79 Å². The fraction of sp³-hybridized carbons (Fsp3) is 0.222. The minimum Gasteiger partial charge on any atom is -0.497 e. The Bertz CT molecular complexity index is 830. The quantitative estimate of drug-likeness (QED) is 0.728. The van der Waals surface area contributed by atoms with Crippen molar-refractivity contribution >= 4 is 23.0 Å². The number of amides is 1. The van der Waals surface area contributed by atoms with Crippen molar-refractivity contribution in [2.24, 2.45) is 0 Å². The van der Waals surface area contributed by atoms with Gasteiger partial charge in [-0.1, -0.05) is 30.3 Å². The average molecular weight is 325 g/mol. The molecule has 3 rings (SSSR count). The van der Waals surface area contributed by atoms with Crippen molar-refractivity contribution in [3.63, 3.8) is 0 Å². The number of carbonyl (C=O) groups excluding carboxylic acids is 1. The number of hydrogen-bond donors (Lipinski definition) is 2. The molecule has 0 aliphatic carbocycles. The lowest BCUT2D eigenvalue weighted by Crippen LogP contribution is -2.39. The number of nitrogens with zero attached hydrogens (tertiary/aromatic N) is 1. The molecule has 6 heteroatoms. The van der Waals surface area contributed by atoms with Gasteiger partial charge in [-0.25, -0.2) is 0 Å². The third-order valence-electron chi connectivity index (χ3n) is 3.74. The maximum absolute atomic E-state index is 12.2. The first-order valence-electron chi connectivity index (χ1n) is 7.66. The zero-order chi connectivity index (χ0) is 16.9. The number of fused-ring (bicyclic) bond motifs is 1. The highest BCUT2D eigenvalue weighted by Crippen LogP contribution is 2.24. The van der Waals surface area contributed by atoms with Gasteiger partial charge in [0.15, 0.2) is 5.58 Å². The van der Waals surface area contributed by atoms with E-state index < -0.39 is 6.04 Å². The van der Waals surface area contributed by atoms with Crippen molar-refractivity contribution in [2.45, 2.75) is 12.5 Å². The number of rotatable bonds is 6. The number of hydrogen-bond acceptors (Lipinski definition) is 5. The Morgan fingerprint density at radius 3 is 2.75 bits per heavy atom. The minimum absolute atomic E-state index is 0.126. The summed E-state index contributed by atoms with van der Waals surface area (Å²) in [4.78, 5) is 16.5. The van der Waals surface area contributed by atoms with E-state index in [0.717, 1.165) is 5.56 Å². The van der Waals surface area contributed by atoms with Crippen molar-refractivity contribution in [1.29, 1.82) is 0 Å². The van der Waals surface area contributed by atoms with Crippen LogP contribution < -0.4 is 15.4 Å². The van der Waals surface area contributed by atoms with Gasteiger partial charge < -0.3 is 19.8 Å². The summed E-state index contributed by atoms with van der Waals surface area (Å²) in [5.74, 6) is 0.566. The van der Waals surface area contributed by atoms with Gasteiger partial charge in [0, 0.05) is 19.5 Å². The zero-order valence-electron chi connectivity index (χ0n) is 13.6. The molecule has 0 fully saturated rings. The highest BCUT2D eigenvalue weighted by atomic mass is 16.5. The molecule has 0 radical (unpaired) electrons. The molecule has 0 bridgehead atoms. The molecule has 24 heavy (non-hydrogen) atoms. The Hall–Kier alpha value is -3.02. The second-order valence-electron chi connectivity index (χ2n) is 5.35. The Labute approximate surface area is 139 Å². The summed E-state index contributed by atoms with van der Waals surface area (Å²) in [6.45, 7) is 0. The summed E-state index contributed by atoms with van der Waals surface area (Å²) in [6, 6.07) is 15.0. The number of anilines is 1. The van der Waals surface area contributed by atoms with Gasteiger partial charge in [-0.15, -0.1) is 0 Å². The largest absolute Gasteiger partial charge is 0.497 e. The molecule has 0 saturated carbocycles. The van der Waals surface area contributed by atoms with Crippen LogP contribution in [0.4, 0.5) is 6.01 Å². The van der Waals surface area contributed by atoms with Gasteiger partial charge in [0.1, 0.15) is 17.3 Å². The predicted molar refractivity (Wildman–Crippen MR) is 92.2 cm³/mol. The van der Waals surface area contributed by atoms with E-state index in [-0.39, 0.29) is 5.91 Å². The van der Waals surface area contributed by atoms with Crippen LogP contribution in [0.25, 0.3) is 11.1 Å². The molecule has 1 aromatic heterocycles. The summed E-state index contributed by atoms with van der Waals surface area (Å²) in [6.07, 6.45) is 0.530. The molecule has 0 aliphatic rings. The third-order valence-corrected chi connectivity index (χ3v) is 3.74. The topological polar surface area (TPSA) is 76.4 Å². The smallest absolute Gasteiger partial charge is 0.296 e. The van der Waals surface area contributed by atoms with E-state index in [0.29, 0.717) is 29.3 Å². The van der Waals surface area contributed by atoms with Crippen LogP contribution in [-0.2, 0) is 11.2 Å². The molecule has 1 atom stereocenters. The first-order chi connectivity index (χ1) is 11.7. The molecule has 124 valence electrons. The molecule has 0 spiro atoms. The van der Waals surface area contributed by atoms with Gasteiger partial charge in [-0.2, -0.15) is 4.98 Å². The number of aromatic nitrogens is 1. The van der Waals surface area contributed by atoms with E-state index in [4.69, 9.17) is 9.15 Å². The second kappa shape index (κ2) is 7.04. The summed E-state index contributed by atoms with van der Waals surface area (Å²) in [5, 5.41) is 5.74. The molecule has 3 aromatic rings. The fourth-order valence-corrected chi connectivity index (χ4v) is 2.48. The van der Waals surface area contributed by atoms with Gasteiger partial charge >= 0.3 is 0 Å². The predicted octanol–water partition coefficient (Wildman–Crippen LogP) is 2.61. The number of oxazole rings is 1. The third kappa shape index (κ3) is 3.48. The first kappa shape index (κ1) is 15.9. The Morgan fingerprint density at radius 1 is 1.25 bits per heavy atom. The standard InChI is InChI=1S/C18H19N3O3/c1-19-17(22)15(10-12-6-4-3-5-7-12)21-18-20-14-9-8-13(23-2)11-16(14)24-18/h3-9,11,15H,10H2,1-2H3,(H,19,22)(H,20,21). The number of methoxy groups -OCH3 is 1. The summed E-state index contributed by atoms with van der Waals surface area (Å²) >= 11 is 0.